The monoisotopic (exact) mass is 263 g/mol. The van der Waals surface area contributed by atoms with E-state index in [1.807, 2.05) is 37.3 Å². The molecule has 0 saturated heterocycles. The van der Waals surface area contributed by atoms with Crippen molar-refractivity contribution in [1.29, 1.82) is 0 Å². The lowest BCUT2D eigenvalue weighted by molar-refractivity contribution is 1.12. The van der Waals surface area contributed by atoms with Crippen LogP contribution < -0.4 is 5.73 Å². The molecule has 1 heterocycles. The van der Waals surface area contributed by atoms with Gasteiger partial charge in [0, 0.05) is 10.9 Å². The first-order chi connectivity index (χ1) is 9.70. The summed E-state index contributed by atoms with van der Waals surface area (Å²) in [5.74, 6) is 1.26. The molecule has 0 aliphatic carbocycles. The maximum Gasteiger partial charge on any atom is 0.162 e. The summed E-state index contributed by atoms with van der Waals surface area (Å²) < 4.78 is 0. The van der Waals surface area contributed by atoms with Gasteiger partial charge in [-0.25, -0.2) is 9.97 Å². The maximum atomic E-state index is 6.14. The summed E-state index contributed by atoms with van der Waals surface area (Å²) in [6, 6.07) is 14.2. The van der Waals surface area contributed by atoms with Gasteiger partial charge in [0.05, 0.1) is 5.52 Å². The number of fused-ring (bicyclic) bond motifs is 1. The van der Waals surface area contributed by atoms with E-state index in [1.165, 1.54) is 5.56 Å². The van der Waals surface area contributed by atoms with Crippen molar-refractivity contribution < 1.29 is 0 Å². The first-order valence-electron chi connectivity index (χ1n) is 6.82. The Labute approximate surface area is 118 Å². The van der Waals surface area contributed by atoms with Gasteiger partial charge in [0.25, 0.3) is 0 Å². The third-order valence-corrected chi connectivity index (χ3v) is 3.60. The van der Waals surface area contributed by atoms with Crippen LogP contribution in [0.15, 0.2) is 42.5 Å². The van der Waals surface area contributed by atoms with Gasteiger partial charge in [-0.05, 0) is 30.5 Å². The molecule has 0 fully saturated rings. The number of nitrogens with zero attached hydrogens (tertiary/aromatic N) is 2. The Balaban J connectivity index is 2.28. The van der Waals surface area contributed by atoms with E-state index in [4.69, 9.17) is 5.73 Å². The zero-order chi connectivity index (χ0) is 14.1. The molecular formula is C17H17N3. The lowest BCUT2D eigenvalue weighted by atomic mass is 10.0. The molecule has 2 aromatic carbocycles. The quantitative estimate of drug-likeness (QED) is 0.766. The number of nitrogen functional groups attached to an aromatic ring is 1. The average molecular weight is 263 g/mol. The molecule has 1 aromatic heterocycles. The fourth-order valence-corrected chi connectivity index (χ4v) is 2.55. The Hall–Kier alpha value is -2.42. The van der Waals surface area contributed by atoms with Crippen LogP contribution in [0.25, 0.3) is 22.3 Å². The van der Waals surface area contributed by atoms with Crippen LogP contribution in [0.3, 0.4) is 0 Å². The third kappa shape index (κ3) is 2.01. The minimum Gasteiger partial charge on any atom is -0.383 e. The second-order valence-corrected chi connectivity index (χ2v) is 4.91. The molecule has 0 radical (unpaired) electrons. The zero-order valence-electron chi connectivity index (χ0n) is 11.7. The smallest absolute Gasteiger partial charge is 0.162 e. The van der Waals surface area contributed by atoms with Crippen molar-refractivity contribution in [3.05, 3.63) is 53.6 Å². The van der Waals surface area contributed by atoms with Gasteiger partial charge in [0.15, 0.2) is 5.82 Å². The molecule has 0 saturated carbocycles. The van der Waals surface area contributed by atoms with E-state index >= 15 is 0 Å². The van der Waals surface area contributed by atoms with Crippen molar-refractivity contribution in [2.24, 2.45) is 0 Å². The summed E-state index contributed by atoms with van der Waals surface area (Å²) in [5.41, 5.74) is 10.4. The van der Waals surface area contributed by atoms with E-state index < -0.39 is 0 Å². The van der Waals surface area contributed by atoms with Gasteiger partial charge < -0.3 is 5.73 Å². The van der Waals surface area contributed by atoms with Crippen molar-refractivity contribution in [2.75, 3.05) is 5.73 Å². The number of rotatable bonds is 2. The van der Waals surface area contributed by atoms with Gasteiger partial charge in [0.2, 0.25) is 0 Å². The summed E-state index contributed by atoms with van der Waals surface area (Å²) in [7, 11) is 0. The van der Waals surface area contributed by atoms with Crippen LogP contribution in [-0.4, -0.2) is 9.97 Å². The first kappa shape index (κ1) is 12.6. The summed E-state index contributed by atoms with van der Waals surface area (Å²) >= 11 is 0. The Morgan fingerprint density at radius 1 is 1.00 bits per heavy atom. The van der Waals surface area contributed by atoms with E-state index in [0.29, 0.717) is 11.6 Å². The minimum absolute atomic E-state index is 0.550. The lowest BCUT2D eigenvalue weighted by Crippen LogP contribution is -2.00. The SMILES string of the molecule is CCc1ccccc1-c1nc(N)c2c(C)cccc2n1. The number of anilines is 1. The topological polar surface area (TPSA) is 51.8 Å². The maximum absolute atomic E-state index is 6.14. The van der Waals surface area contributed by atoms with E-state index in [0.717, 1.165) is 28.5 Å². The van der Waals surface area contributed by atoms with Gasteiger partial charge in [-0.2, -0.15) is 0 Å². The molecule has 3 aromatic rings. The molecular weight excluding hydrogens is 246 g/mol. The molecule has 0 aliphatic rings. The van der Waals surface area contributed by atoms with Crippen molar-refractivity contribution in [3.8, 4) is 11.4 Å². The molecule has 2 N–H and O–H groups in total. The van der Waals surface area contributed by atoms with Gasteiger partial charge in [-0.15, -0.1) is 0 Å². The molecule has 3 nitrogen and oxygen atoms in total. The fourth-order valence-electron chi connectivity index (χ4n) is 2.55. The number of aromatic nitrogens is 2. The van der Waals surface area contributed by atoms with Crippen LogP contribution in [0, 0.1) is 6.92 Å². The van der Waals surface area contributed by atoms with Crippen LogP contribution in [0.4, 0.5) is 5.82 Å². The van der Waals surface area contributed by atoms with Crippen LogP contribution in [0.5, 0.6) is 0 Å². The Morgan fingerprint density at radius 3 is 2.60 bits per heavy atom. The van der Waals surface area contributed by atoms with Crippen LogP contribution >= 0.6 is 0 Å². The third-order valence-electron chi connectivity index (χ3n) is 3.60. The summed E-state index contributed by atoms with van der Waals surface area (Å²) in [5, 5.41) is 0.949. The molecule has 100 valence electrons. The molecule has 0 bridgehead atoms. The summed E-state index contributed by atoms with van der Waals surface area (Å²) in [6.07, 6.45) is 0.950. The average Bonchev–Trinajstić information content (AvgIpc) is 2.47. The van der Waals surface area contributed by atoms with Crippen molar-refractivity contribution in [1.82, 2.24) is 9.97 Å². The number of benzene rings is 2. The van der Waals surface area contributed by atoms with Gasteiger partial charge >= 0.3 is 0 Å². The molecule has 0 aliphatic heterocycles. The number of hydrogen-bond acceptors (Lipinski definition) is 3. The highest BCUT2D eigenvalue weighted by atomic mass is 14.9. The standard InChI is InChI=1S/C17H17N3/c1-3-12-8-4-5-9-13(12)17-19-14-10-6-7-11(2)15(14)16(18)20-17/h4-10H,3H2,1-2H3,(H2,18,19,20). The molecule has 0 atom stereocenters. The van der Waals surface area contributed by atoms with E-state index in [1.54, 1.807) is 0 Å². The lowest BCUT2D eigenvalue weighted by Gasteiger charge is -2.10. The molecule has 20 heavy (non-hydrogen) atoms. The van der Waals surface area contributed by atoms with Gasteiger partial charge in [-0.3, -0.25) is 0 Å². The Bertz CT molecular complexity index is 778. The van der Waals surface area contributed by atoms with Crippen LogP contribution in [-0.2, 0) is 6.42 Å². The molecule has 3 rings (SSSR count). The van der Waals surface area contributed by atoms with E-state index in [2.05, 4.69) is 29.0 Å². The predicted octanol–water partition coefficient (Wildman–Crippen LogP) is 3.75. The first-order valence-corrected chi connectivity index (χ1v) is 6.82. The van der Waals surface area contributed by atoms with Crippen molar-refractivity contribution in [3.63, 3.8) is 0 Å². The highest BCUT2D eigenvalue weighted by molar-refractivity contribution is 5.92. The number of aryl methyl sites for hydroxylation is 2. The predicted molar refractivity (Wildman–Crippen MR) is 83.5 cm³/mol. The molecule has 0 amide bonds. The fraction of sp³-hybridized carbons (Fsp3) is 0.176. The van der Waals surface area contributed by atoms with Gasteiger partial charge in [-0.1, -0.05) is 43.3 Å². The van der Waals surface area contributed by atoms with Crippen molar-refractivity contribution in [2.45, 2.75) is 20.3 Å². The minimum atomic E-state index is 0.550. The second-order valence-electron chi connectivity index (χ2n) is 4.91. The largest absolute Gasteiger partial charge is 0.383 e. The normalized spacial score (nSPS) is 10.9. The highest BCUT2D eigenvalue weighted by Crippen LogP contribution is 2.27. The number of hydrogen-bond donors (Lipinski definition) is 1. The molecule has 3 heteroatoms. The second kappa shape index (κ2) is 4.93. The van der Waals surface area contributed by atoms with Gasteiger partial charge in [0.1, 0.15) is 5.82 Å². The van der Waals surface area contributed by atoms with Crippen LogP contribution in [0.2, 0.25) is 0 Å². The zero-order valence-corrected chi connectivity index (χ0v) is 11.7. The number of nitrogens with two attached hydrogens (primary N) is 1. The Kier molecular flexibility index (Phi) is 3.11. The van der Waals surface area contributed by atoms with Crippen molar-refractivity contribution >= 4 is 16.7 Å². The van der Waals surface area contributed by atoms with Crippen LogP contribution in [0.1, 0.15) is 18.1 Å². The van der Waals surface area contributed by atoms with E-state index in [9.17, 15) is 0 Å². The summed E-state index contributed by atoms with van der Waals surface area (Å²) in [4.78, 5) is 9.19. The molecule has 0 unspecified atom stereocenters. The highest BCUT2D eigenvalue weighted by Gasteiger charge is 2.11. The van der Waals surface area contributed by atoms with E-state index in [-0.39, 0.29) is 0 Å². The Morgan fingerprint density at radius 2 is 1.80 bits per heavy atom. The molecule has 0 spiro atoms. The summed E-state index contributed by atoms with van der Waals surface area (Å²) in [6.45, 7) is 4.16.